The number of hydrogen-bond donors (Lipinski definition) is 2. The summed E-state index contributed by atoms with van der Waals surface area (Å²) in [4.78, 5) is 8.97. The molecule has 102 valence electrons. The van der Waals surface area contributed by atoms with Crippen molar-refractivity contribution < 1.29 is 0 Å². The van der Waals surface area contributed by atoms with Crippen LogP contribution in [0.25, 0.3) is 21.8 Å². The molecule has 0 aliphatic rings. The number of nitrogens with zero attached hydrogens (tertiary/aromatic N) is 3. The number of rotatable bonds is 2. The first-order valence-electron chi connectivity index (χ1n) is 6.42. The van der Waals surface area contributed by atoms with Crippen LogP contribution in [0.15, 0.2) is 53.3 Å². The van der Waals surface area contributed by atoms with Gasteiger partial charge in [0.25, 0.3) is 0 Å². The van der Waals surface area contributed by atoms with E-state index in [4.69, 9.17) is 0 Å². The Hall–Kier alpha value is -2.47. The van der Waals surface area contributed by atoms with Crippen molar-refractivity contribution in [2.45, 2.75) is 0 Å². The average Bonchev–Trinajstić information content (AvgIpc) is 3.00. The number of nitrogens with one attached hydrogen (secondary N) is 2. The number of anilines is 2. The number of aromatic nitrogens is 4. The van der Waals surface area contributed by atoms with Crippen LogP contribution in [0.2, 0.25) is 0 Å². The van der Waals surface area contributed by atoms with Gasteiger partial charge >= 0.3 is 0 Å². The van der Waals surface area contributed by atoms with Crippen molar-refractivity contribution in [2.75, 3.05) is 5.32 Å². The molecule has 4 aromatic rings. The van der Waals surface area contributed by atoms with Crippen LogP contribution in [0.1, 0.15) is 0 Å². The highest BCUT2D eigenvalue weighted by Gasteiger charge is 2.10. The molecule has 4 rings (SSSR count). The molecule has 0 spiro atoms. The molecule has 3 aromatic heterocycles. The van der Waals surface area contributed by atoms with E-state index in [-0.39, 0.29) is 0 Å². The van der Waals surface area contributed by atoms with E-state index in [1.807, 2.05) is 42.6 Å². The highest BCUT2D eigenvalue weighted by Crippen LogP contribution is 2.28. The predicted octanol–water partition coefficient (Wildman–Crippen LogP) is 4.01. The fourth-order valence-electron chi connectivity index (χ4n) is 2.31. The van der Waals surface area contributed by atoms with E-state index in [0.717, 1.165) is 37.9 Å². The quantitative estimate of drug-likeness (QED) is 0.579. The van der Waals surface area contributed by atoms with E-state index in [2.05, 4.69) is 41.4 Å². The third kappa shape index (κ3) is 2.13. The van der Waals surface area contributed by atoms with E-state index >= 15 is 0 Å². The third-order valence-corrected chi connectivity index (χ3v) is 3.75. The van der Waals surface area contributed by atoms with Gasteiger partial charge in [-0.05, 0) is 34.1 Å². The molecular formula is C15H10BrN5. The lowest BCUT2D eigenvalue weighted by molar-refractivity contribution is 1.11. The molecule has 0 bridgehead atoms. The Morgan fingerprint density at radius 2 is 1.90 bits per heavy atom. The predicted molar refractivity (Wildman–Crippen MR) is 86.6 cm³/mol. The molecule has 0 aliphatic heterocycles. The number of pyridine rings is 2. The highest BCUT2D eigenvalue weighted by atomic mass is 79.9. The first-order valence-corrected chi connectivity index (χ1v) is 7.21. The summed E-state index contributed by atoms with van der Waals surface area (Å²) in [6.45, 7) is 0. The summed E-state index contributed by atoms with van der Waals surface area (Å²) in [5.74, 6) is 1.45. The second-order valence-electron chi connectivity index (χ2n) is 4.62. The Morgan fingerprint density at radius 1 is 1.00 bits per heavy atom. The Bertz CT molecular complexity index is 930. The molecule has 0 amide bonds. The van der Waals surface area contributed by atoms with Crippen molar-refractivity contribution in [3.63, 3.8) is 0 Å². The van der Waals surface area contributed by atoms with Gasteiger partial charge in [0.15, 0.2) is 5.82 Å². The molecule has 0 atom stereocenters. The number of para-hydroxylation sites is 1. The van der Waals surface area contributed by atoms with Crippen molar-refractivity contribution in [1.29, 1.82) is 0 Å². The summed E-state index contributed by atoms with van der Waals surface area (Å²) in [5.41, 5.74) is 1.80. The molecule has 0 fully saturated rings. The minimum atomic E-state index is 0.719. The average molecular weight is 340 g/mol. The molecule has 2 N–H and O–H groups in total. The minimum Gasteiger partial charge on any atom is -0.323 e. The first-order chi connectivity index (χ1) is 10.3. The molecule has 5 nitrogen and oxygen atoms in total. The second-order valence-corrected chi connectivity index (χ2v) is 5.54. The van der Waals surface area contributed by atoms with Crippen LogP contribution in [0.3, 0.4) is 0 Å². The van der Waals surface area contributed by atoms with Crippen LogP contribution in [0.5, 0.6) is 0 Å². The largest absolute Gasteiger partial charge is 0.323 e. The van der Waals surface area contributed by atoms with Gasteiger partial charge < -0.3 is 5.32 Å². The molecule has 0 unspecified atom stereocenters. The molecule has 0 saturated heterocycles. The third-order valence-electron chi connectivity index (χ3n) is 3.28. The molecule has 6 heteroatoms. The van der Waals surface area contributed by atoms with Crippen molar-refractivity contribution in [3.05, 3.63) is 53.3 Å². The lowest BCUT2D eigenvalue weighted by Crippen LogP contribution is -1.97. The van der Waals surface area contributed by atoms with E-state index in [1.165, 1.54) is 0 Å². The molecule has 21 heavy (non-hydrogen) atoms. The van der Waals surface area contributed by atoms with Gasteiger partial charge in [0, 0.05) is 21.4 Å². The number of fused-ring (bicyclic) bond motifs is 3. The first kappa shape index (κ1) is 12.3. The Labute approximate surface area is 128 Å². The lowest BCUT2D eigenvalue weighted by Gasteiger charge is -2.08. The number of benzene rings is 1. The summed E-state index contributed by atoms with van der Waals surface area (Å²) in [6, 6.07) is 11.8. The maximum Gasteiger partial charge on any atom is 0.158 e. The molecule has 1 aromatic carbocycles. The Morgan fingerprint density at radius 3 is 2.76 bits per heavy atom. The van der Waals surface area contributed by atoms with E-state index in [1.54, 1.807) is 6.20 Å². The van der Waals surface area contributed by atoms with Gasteiger partial charge in [-0.15, -0.1) is 0 Å². The second kappa shape index (κ2) is 4.82. The normalized spacial score (nSPS) is 11.1. The maximum absolute atomic E-state index is 4.66. The van der Waals surface area contributed by atoms with Crippen LogP contribution in [-0.4, -0.2) is 20.2 Å². The molecule has 3 heterocycles. The SMILES string of the molecule is Brc1ccc(Nc2nc3ccccc3c3cn[nH]c23)nc1. The van der Waals surface area contributed by atoms with E-state index < -0.39 is 0 Å². The fourth-order valence-corrected chi connectivity index (χ4v) is 2.54. The van der Waals surface area contributed by atoms with E-state index in [9.17, 15) is 0 Å². The van der Waals surface area contributed by atoms with Gasteiger partial charge in [0.1, 0.15) is 11.3 Å². The van der Waals surface area contributed by atoms with Gasteiger partial charge in [0.05, 0.1) is 11.7 Å². The van der Waals surface area contributed by atoms with Gasteiger partial charge in [-0.3, -0.25) is 5.10 Å². The van der Waals surface area contributed by atoms with Crippen molar-refractivity contribution in [3.8, 4) is 0 Å². The van der Waals surface area contributed by atoms with Crippen LogP contribution in [-0.2, 0) is 0 Å². The van der Waals surface area contributed by atoms with E-state index in [0.29, 0.717) is 0 Å². The Balaban J connectivity index is 1.90. The van der Waals surface area contributed by atoms with Crippen LogP contribution < -0.4 is 5.32 Å². The molecule has 0 aliphatic carbocycles. The maximum atomic E-state index is 4.66. The van der Waals surface area contributed by atoms with Crippen LogP contribution >= 0.6 is 15.9 Å². The standard InChI is InChI=1S/C15H10BrN5/c16-9-5-6-13(17-7-9)20-15-14-11(8-18-21-14)10-3-1-2-4-12(10)19-15/h1-8H,(H,18,21)(H,17,19,20). The highest BCUT2D eigenvalue weighted by molar-refractivity contribution is 9.10. The van der Waals surface area contributed by atoms with Gasteiger partial charge in [-0.25, -0.2) is 9.97 Å². The zero-order valence-corrected chi connectivity index (χ0v) is 12.4. The minimum absolute atomic E-state index is 0.719. The van der Waals surface area contributed by atoms with Crippen LogP contribution in [0, 0.1) is 0 Å². The molecular weight excluding hydrogens is 330 g/mol. The van der Waals surface area contributed by atoms with Crippen molar-refractivity contribution in [2.24, 2.45) is 0 Å². The summed E-state index contributed by atoms with van der Waals surface area (Å²) >= 11 is 3.37. The number of halogens is 1. The molecule has 0 saturated carbocycles. The summed E-state index contributed by atoms with van der Waals surface area (Å²) in [7, 11) is 0. The van der Waals surface area contributed by atoms with Gasteiger partial charge in [0.2, 0.25) is 0 Å². The van der Waals surface area contributed by atoms with Gasteiger partial charge in [-0.1, -0.05) is 18.2 Å². The van der Waals surface area contributed by atoms with Gasteiger partial charge in [-0.2, -0.15) is 5.10 Å². The zero-order valence-electron chi connectivity index (χ0n) is 10.8. The topological polar surface area (TPSA) is 66.5 Å². The molecule has 0 radical (unpaired) electrons. The summed E-state index contributed by atoms with van der Waals surface area (Å²) in [5, 5.41) is 12.5. The monoisotopic (exact) mass is 339 g/mol. The smallest absolute Gasteiger partial charge is 0.158 e. The summed E-state index contributed by atoms with van der Waals surface area (Å²) < 4.78 is 0.936. The van der Waals surface area contributed by atoms with Crippen molar-refractivity contribution in [1.82, 2.24) is 20.2 Å². The Kier molecular flexibility index (Phi) is 2.82. The number of H-pyrrole nitrogens is 1. The summed E-state index contributed by atoms with van der Waals surface area (Å²) in [6.07, 6.45) is 3.56. The number of hydrogen-bond acceptors (Lipinski definition) is 4. The zero-order chi connectivity index (χ0) is 14.2. The van der Waals surface area contributed by atoms with Crippen LogP contribution in [0.4, 0.5) is 11.6 Å². The lowest BCUT2D eigenvalue weighted by atomic mass is 10.1. The fraction of sp³-hybridized carbons (Fsp3) is 0. The number of aromatic amines is 1. The van der Waals surface area contributed by atoms with Crippen molar-refractivity contribution >= 4 is 49.4 Å².